The van der Waals surface area contributed by atoms with Crippen LogP contribution in [0, 0.1) is 11.8 Å². The van der Waals surface area contributed by atoms with Crippen molar-refractivity contribution in [2.45, 2.75) is 32.4 Å². The Balaban J connectivity index is 3.46. The fourth-order valence-electron chi connectivity index (χ4n) is 0.406. The molecule has 52 valence electrons. The molecule has 0 amide bonds. The number of nitrogens with two attached hydrogens (primary N) is 2. The fraction of sp³-hybridized carbons (Fsp3) is 0.714. The zero-order valence-corrected chi connectivity index (χ0v) is 6.02. The van der Waals surface area contributed by atoms with Crippen molar-refractivity contribution >= 4 is 0 Å². The molecular weight excluding hydrogens is 112 g/mol. The molecule has 0 spiro atoms. The second-order valence-electron chi connectivity index (χ2n) is 2.15. The van der Waals surface area contributed by atoms with E-state index in [1.165, 1.54) is 0 Å². The monoisotopic (exact) mass is 126 g/mol. The van der Waals surface area contributed by atoms with Crippen LogP contribution in [0.3, 0.4) is 0 Å². The van der Waals surface area contributed by atoms with Crippen LogP contribution in [0.5, 0.6) is 0 Å². The molecule has 0 aliphatic heterocycles. The average molecular weight is 126 g/mol. The smallest absolute Gasteiger partial charge is 0.0300 e. The molecule has 4 N–H and O–H groups in total. The van der Waals surface area contributed by atoms with E-state index in [-0.39, 0.29) is 12.1 Å². The first kappa shape index (κ1) is 8.48. The van der Waals surface area contributed by atoms with E-state index in [0.717, 1.165) is 0 Å². The van der Waals surface area contributed by atoms with Crippen LogP contribution in [0.4, 0.5) is 0 Å². The van der Waals surface area contributed by atoms with Gasteiger partial charge in [0.05, 0.1) is 0 Å². The normalized spacial score (nSPS) is 15.6. The van der Waals surface area contributed by atoms with Crippen LogP contribution in [-0.2, 0) is 0 Å². The number of hydrogen-bond acceptors (Lipinski definition) is 2. The van der Waals surface area contributed by atoms with Crippen LogP contribution >= 0.6 is 0 Å². The van der Waals surface area contributed by atoms with Crippen LogP contribution in [-0.4, -0.2) is 12.1 Å². The molecule has 2 unspecified atom stereocenters. The summed E-state index contributed by atoms with van der Waals surface area (Å²) in [6.45, 7) is 3.69. The molecule has 0 aromatic carbocycles. The van der Waals surface area contributed by atoms with Crippen molar-refractivity contribution in [1.82, 2.24) is 0 Å². The molecule has 2 atom stereocenters. The highest BCUT2D eigenvalue weighted by atomic mass is 14.8. The van der Waals surface area contributed by atoms with Crippen molar-refractivity contribution in [2.75, 3.05) is 0 Å². The van der Waals surface area contributed by atoms with Gasteiger partial charge in [0.1, 0.15) is 0 Å². The predicted octanol–water partition coefficient (Wildman–Crippen LogP) is 0.0743. The van der Waals surface area contributed by atoms with Gasteiger partial charge in [0, 0.05) is 18.5 Å². The van der Waals surface area contributed by atoms with Crippen LogP contribution in [0.25, 0.3) is 0 Å². The lowest BCUT2D eigenvalue weighted by atomic mass is 10.1. The van der Waals surface area contributed by atoms with Crippen LogP contribution in [0.2, 0.25) is 0 Å². The lowest BCUT2D eigenvalue weighted by Crippen LogP contribution is -2.38. The molecule has 0 fully saturated rings. The molecule has 0 radical (unpaired) electrons. The molecule has 0 rings (SSSR count). The zero-order valence-electron chi connectivity index (χ0n) is 6.02. The first-order valence-corrected chi connectivity index (χ1v) is 3.09. The van der Waals surface area contributed by atoms with Crippen LogP contribution < -0.4 is 11.5 Å². The molecular formula is C7H14N2. The minimum atomic E-state index is 0.0254. The Kier molecular flexibility index (Phi) is 4.12. The third kappa shape index (κ3) is 4.01. The summed E-state index contributed by atoms with van der Waals surface area (Å²) in [6.07, 6.45) is 0.703. The molecule has 0 aromatic heterocycles. The summed E-state index contributed by atoms with van der Waals surface area (Å²) in [5.74, 6) is 5.64. The van der Waals surface area contributed by atoms with Crippen molar-refractivity contribution in [1.29, 1.82) is 0 Å². The van der Waals surface area contributed by atoms with E-state index in [2.05, 4.69) is 11.8 Å². The molecule has 0 saturated carbocycles. The van der Waals surface area contributed by atoms with Gasteiger partial charge in [-0.3, -0.25) is 0 Å². The highest BCUT2D eigenvalue weighted by Crippen LogP contribution is 1.89. The Bertz CT molecular complexity index is 119. The SMILES string of the molecule is CC#CCC(N)C(C)N. The predicted molar refractivity (Wildman–Crippen MR) is 39.7 cm³/mol. The molecule has 2 heteroatoms. The fourth-order valence-corrected chi connectivity index (χ4v) is 0.406. The Morgan fingerprint density at radius 2 is 2.00 bits per heavy atom. The lowest BCUT2D eigenvalue weighted by molar-refractivity contribution is 0.572. The Hall–Kier alpha value is -0.520. The van der Waals surface area contributed by atoms with Gasteiger partial charge < -0.3 is 11.5 Å². The summed E-state index contributed by atoms with van der Waals surface area (Å²) < 4.78 is 0. The first-order valence-electron chi connectivity index (χ1n) is 3.09. The summed E-state index contributed by atoms with van der Waals surface area (Å²) >= 11 is 0. The molecule has 0 aliphatic rings. The second kappa shape index (κ2) is 4.37. The summed E-state index contributed by atoms with van der Waals surface area (Å²) in [6, 6.07) is 0.0725. The van der Waals surface area contributed by atoms with Crippen LogP contribution in [0.15, 0.2) is 0 Å². The van der Waals surface area contributed by atoms with E-state index < -0.39 is 0 Å². The Morgan fingerprint density at radius 3 is 2.33 bits per heavy atom. The van der Waals surface area contributed by atoms with E-state index in [0.29, 0.717) is 6.42 Å². The largest absolute Gasteiger partial charge is 0.327 e. The van der Waals surface area contributed by atoms with Gasteiger partial charge in [-0.05, 0) is 13.8 Å². The molecule has 2 nitrogen and oxygen atoms in total. The van der Waals surface area contributed by atoms with Crippen molar-refractivity contribution in [3.05, 3.63) is 0 Å². The summed E-state index contributed by atoms with van der Waals surface area (Å²) in [5, 5.41) is 0. The third-order valence-corrected chi connectivity index (χ3v) is 1.19. The Labute approximate surface area is 56.6 Å². The Morgan fingerprint density at radius 1 is 1.44 bits per heavy atom. The summed E-state index contributed by atoms with van der Waals surface area (Å²) in [5.41, 5.74) is 11.1. The first-order chi connectivity index (χ1) is 4.18. The topological polar surface area (TPSA) is 52.0 Å². The zero-order chi connectivity index (χ0) is 7.28. The van der Waals surface area contributed by atoms with Gasteiger partial charge >= 0.3 is 0 Å². The number of hydrogen-bond donors (Lipinski definition) is 2. The maximum atomic E-state index is 5.58. The van der Waals surface area contributed by atoms with Gasteiger partial charge in [-0.25, -0.2) is 0 Å². The van der Waals surface area contributed by atoms with Crippen molar-refractivity contribution < 1.29 is 0 Å². The highest BCUT2D eigenvalue weighted by Gasteiger charge is 2.03. The maximum absolute atomic E-state index is 5.58. The van der Waals surface area contributed by atoms with Crippen molar-refractivity contribution in [3.63, 3.8) is 0 Å². The lowest BCUT2D eigenvalue weighted by Gasteiger charge is -2.10. The van der Waals surface area contributed by atoms with E-state index in [1.54, 1.807) is 6.92 Å². The summed E-state index contributed by atoms with van der Waals surface area (Å²) in [4.78, 5) is 0. The molecule has 0 aliphatic carbocycles. The average Bonchev–Trinajstić information content (AvgIpc) is 1.82. The molecule has 9 heavy (non-hydrogen) atoms. The van der Waals surface area contributed by atoms with E-state index in [4.69, 9.17) is 11.5 Å². The minimum absolute atomic E-state index is 0.0254. The molecule has 0 heterocycles. The third-order valence-electron chi connectivity index (χ3n) is 1.19. The van der Waals surface area contributed by atoms with E-state index in [1.807, 2.05) is 6.92 Å². The van der Waals surface area contributed by atoms with Crippen molar-refractivity contribution in [2.24, 2.45) is 11.5 Å². The highest BCUT2D eigenvalue weighted by molar-refractivity contribution is 4.98. The van der Waals surface area contributed by atoms with Gasteiger partial charge in [0.2, 0.25) is 0 Å². The van der Waals surface area contributed by atoms with Gasteiger partial charge in [-0.1, -0.05) is 0 Å². The summed E-state index contributed by atoms with van der Waals surface area (Å²) in [7, 11) is 0. The van der Waals surface area contributed by atoms with Crippen LogP contribution in [0.1, 0.15) is 20.3 Å². The van der Waals surface area contributed by atoms with Gasteiger partial charge in [0.25, 0.3) is 0 Å². The van der Waals surface area contributed by atoms with Gasteiger partial charge in [-0.15, -0.1) is 11.8 Å². The standard InChI is InChI=1S/C7H14N2/c1-3-4-5-7(9)6(2)8/h6-7H,5,8-9H2,1-2H3. The number of rotatable bonds is 2. The minimum Gasteiger partial charge on any atom is -0.327 e. The molecule has 0 saturated heterocycles. The van der Waals surface area contributed by atoms with E-state index in [9.17, 15) is 0 Å². The van der Waals surface area contributed by atoms with Crippen molar-refractivity contribution in [3.8, 4) is 11.8 Å². The quantitative estimate of drug-likeness (QED) is 0.515. The molecule has 0 bridgehead atoms. The van der Waals surface area contributed by atoms with E-state index >= 15 is 0 Å². The van der Waals surface area contributed by atoms with Gasteiger partial charge in [0.15, 0.2) is 0 Å². The van der Waals surface area contributed by atoms with Gasteiger partial charge in [-0.2, -0.15) is 0 Å². The maximum Gasteiger partial charge on any atom is 0.0300 e. The molecule has 0 aromatic rings. The second-order valence-corrected chi connectivity index (χ2v) is 2.15.